The number of hydrogen-bond donors (Lipinski definition) is 2. The van der Waals surface area contributed by atoms with Crippen molar-refractivity contribution in [2.75, 3.05) is 10.0 Å². The van der Waals surface area contributed by atoms with Crippen LogP contribution >= 0.6 is 0 Å². The highest BCUT2D eigenvalue weighted by atomic mass is 32.2. The third-order valence-electron chi connectivity index (χ3n) is 4.41. The van der Waals surface area contributed by atoms with Crippen molar-refractivity contribution in [3.63, 3.8) is 0 Å². The minimum Gasteiger partial charge on any atom is -0.322 e. The Morgan fingerprint density at radius 1 is 0.867 bits per heavy atom. The summed E-state index contributed by atoms with van der Waals surface area (Å²) in [5, 5.41) is 2.69. The lowest BCUT2D eigenvalue weighted by atomic mass is 10.1. The van der Waals surface area contributed by atoms with Gasteiger partial charge in [0.1, 0.15) is 5.82 Å². The third-order valence-corrected chi connectivity index (χ3v) is 5.79. The number of amides is 1. The minimum atomic E-state index is -3.98. The number of hydrogen-bond acceptors (Lipinski definition) is 4. The van der Waals surface area contributed by atoms with Gasteiger partial charge in [0.25, 0.3) is 15.9 Å². The van der Waals surface area contributed by atoms with Gasteiger partial charge in [0.15, 0.2) is 5.78 Å². The zero-order valence-corrected chi connectivity index (χ0v) is 17.1. The molecule has 1 amide bonds. The van der Waals surface area contributed by atoms with Gasteiger partial charge in [-0.3, -0.25) is 14.3 Å². The molecule has 0 aromatic heterocycles. The van der Waals surface area contributed by atoms with Gasteiger partial charge in [0.05, 0.1) is 4.90 Å². The summed E-state index contributed by atoms with van der Waals surface area (Å²) in [5.41, 5.74) is 1.97. The number of benzene rings is 3. The largest absolute Gasteiger partial charge is 0.322 e. The maximum absolute atomic E-state index is 13.0. The zero-order chi connectivity index (χ0) is 21.9. The summed E-state index contributed by atoms with van der Waals surface area (Å²) in [7, 11) is -3.98. The topological polar surface area (TPSA) is 92.3 Å². The molecule has 3 rings (SSSR count). The van der Waals surface area contributed by atoms with Crippen molar-refractivity contribution < 1.29 is 22.4 Å². The number of rotatable bonds is 6. The van der Waals surface area contributed by atoms with Gasteiger partial charge in [-0.2, -0.15) is 0 Å². The average molecular weight is 426 g/mol. The van der Waals surface area contributed by atoms with Gasteiger partial charge < -0.3 is 5.32 Å². The molecule has 0 aliphatic rings. The summed E-state index contributed by atoms with van der Waals surface area (Å²) in [4.78, 5) is 23.9. The van der Waals surface area contributed by atoms with E-state index >= 15 is 0 Å². The molecule has 0 bridgehead atoms. The number of aryl methyl sites for hydroxylation is 1. The van der Waals surface area contributed by atoms with Gasteiger partial charge in [0.2, 0.25) is 0 Å². The van der Waals surface area contributed by atoms with Crippen LogP contribution in [-0.2, 0) is 10.0 Å². The Kier molecular flexibility index (Phi) is 5.98. The van der Waals surface area contributed by atoms with Crippen LogP contribution in [0, 0.1) is 12.7 Å². The fourth-order valence-electron chi connectivity index (χ4n) is 2.73. The predicted octanol–water partition coefficient (Wildman–Crippen LogP) is 4.39. The molecule has 0 aliphatic carbocycles. The van der Waals surface area contributed by atoms with E-state index in [0.717, 1.165) is 12.1 Å². The average Bonchev–Trinajstić information content (AvgIpc) is 2.70. The highest BCUT2D eigenvalue weighted by molar-refractivity contribution is 7.92. The van der Waals surface area contributed by atoms with Crippen LogP contribution in [0.3, 0.4) is 0 Å². The normalized spacial score (nSPS) is 11.0. The number of anilines is 2. The molecule has 0 fully saturated rings. The van der Waals surface area contributed by atoms with Crippen LogP contribution in [0.5, 0.6) is 0 Å². The van der Waals surface area contributed by atoms with Crippen molar-refractivity contribution in [2.24, 2.45) is 0 Å². The molecule has 2 N–H and O–H groups in total. The van der Waals surface area contributed by atoms with Crippen molar-refractivity contribution in [1.82, 2.24) is 0 Å². The van der Waals surface area contributed by atoms with Gasteiger partial charge >= 0.3 is 0 Å². The van der Waals surface area contributed by atoms with Crippen molar-refractivity contribution in [3.05, 3.63) is 89.2 Å². The maximum Gasteiger partial charge on any atom is 0.261 e. The number of Topliss-reactive ketones (excluding diaryl/α,β-unsaturated/α-hetero) is 1. The molecule has 0 spiro atoms. The van der Waals surface area contributed by atoms with E-state index in [1.165, 1.54) is 37.3 Å². The molecule has 0 unspecified atom stereocenters. The van der Waals surface area contributed by atoms with Gasteiger partial charge in [-0.15, -0.1) is 0 Å². The van der Waals surface area contributed by atoms with Gasteiger partial charge in [-0.25, -0.2) is 12.8 Å². The van der Waals surface area contributed by atoms with E-state index in [2.05, 4.69) is 10.0 Å². The van der Waals surface area contributed by atoms with E-state index in [-0.39, 0.29) is 21.9 Å². The number of ketones is 1. The first-order valence-electron chi connectivity index (χ1n) is 8.97. The second-order valence-electron chi connectivity index (χ2n) is 6.68. The highest BCUT2D eigenvalue weighted by Gasteiger charge is 2.18. The van der Waals surface area contributed by atoms with Crippen LogP contribution in [0.25, 0.3) is 0 Å². The molecular weight excluding hydrogens is 407 g/mol. The first-order valence-corrected chi connectivity index (χ1v) is 10.5. The fourth-order valence-corrected chi connectivity index (χ4v) is 3.82. The van der Waals surface area contributed by atoms with Crippen LogP contribution in [0.15, 0.2) is 71.6 Å². The first-order chi connectivity index (χ1) is 14.2. The van der Waals surface area contributed by atoms with Gasteiger partial charge in [0, 0.05) is 22.5 Å². The quantitative estimate of drug-likeness (QED) is 0.572. The molecule has 0 aliphatic heterocycles. The van der Waals surface area contributed by atoms with Crippen LogP contribution in [0.2, 0.25) is 0 Å². The lowest BCUT2D eigenvalue weighted by Gasteiger charge is -2.12. The molecule has 6 nitrogen and oxygen atoms in total. The van der Waals surface area contributed by atoms with Crippen LogP contribution < -0.4 is 10.0 Å². The van der Waals surface area contributed by atoms with E-state index in [1.54, 1.807) is 31.2 Å². The lowest BCUT2D eigenvalue weighted by molar-refractivity contribution is 0.101. The smallest absolute Gasteiger partial charge is 0.261 e. The van der Waals surface area contributed by atoms with Gasteiger partial charge in [-0.05, 0) is 80.1 Å². The molecule has 154 valence electrons. The highest BCUT2D eigenvalue weighted by Crippen LogP contribution is 2.21. The maximum atomic E-state index is 13.0. The Morgan fingerprint density at radius 2 is 1.47 bits per heavy atom. The van der Waals surface area contributed by atoms with E-state index in [4.69, 9.17) is 0 Å². The van der Waals surface area contributed by atoms with Crippen LogP contribution in [0.1, 0.15) is 33.2 Å². The van der Waals surface area contributed by atoms with Crippen molar-refractivity contribution in [3.8, 4) is 0 Å². The lowest BCUT2D eigenvalue weighted by Crippen LogP contribution is -2.17. The SMILES string of the molecule is CC(=O)c1ccc(NC(=O)c2cc(S(=O)(=O)Nc3ccc(F)cc3)ccc2C)cc1. The van der Waals surface area contributed by atoms with Crippen molar-refractivity contribution in [2.45, 2.75) is 18.7 Å². The molecule has 3 aromatic rings. The summed E-state index contributed by atoms with van der Waals surface area (Å²) in [6, 6.07) is 15.5. The van der Waals surface area contributed by atoms with Crippen molar-refractivity contribution >= 4 is 33.1 Å². The van der Waals surface area contributed by atoms with E-state index in [1.807, 2.05) is 0 Å². The molecule has 0 atom stereocenters. The zero-order valence-electron chi connectivity index (χ0n) is 16.3. The molecule has 0 radical (unpaired) electrons. The predicted molar refractivity (Wildman–Crippen MR) is 113 cm³/mol. The third kappa shape index (κ3) is 4.90. The summed E-state index contributed by atoms with van der Waals surface area (Å²) in [5.74, 6) is -1.05. The fraction of sp³-hybridized carbons (Fsp3) is 0.0909. The molecular formula is C22H19FN2O4S. The summed E-state index contributed by atoms with van der Waals surface area (Å²) < 4.78 is 40.7. The van der Waals surface area contributed by atoms with Crippen LogP contribution in [-0.4, -0.2) is 20.1 Å². The standard InChI is InChI=1S/C22H19FN2O4S/c1-14-3-12-20(30(28,29)25-19-10-6-17(23)7-11-19)13-21(14)22(27)24-18-8-4-16(5-9-18)15(2)26/h3-13,25H,1-2H3,(H,24,27). The van der Waals surface area contributed by atoms with E-state index in [9.17, 15) is 22.4 Å². The first kappa shape index (κ1) is 21.2. The Bertz CT molecular complexity index is 1200. The molecule has 8 heteroatoms. The number of carbonyl (C=O) groups is 2. The van der Waals surface area contributed by atoms with Gasteiger partial charge in [-0.1, -0.05) is 6.07 Å². The minimum absolute atomic E-state index is 0.0877. The van der Waals surface area contributed by atoms with E-state index < -0.39 is 21.7 Å². The van der Waals surface area contributed by atoms with Crippen LogP contribution in [0.4, 0.5) is 15.8 Å². The Labute approximate surface area is 173 Å². The molecule has 3 aromatic carbocycles. The second kappa shape index (κ2) is 8.46. The monoisotopic (exact) mass is 426 g/mol. The number of sulfonamides is 1. The molecule has 0 saturated heterocycles. The molecule has 0 saturated carbocycles. The molecule has 30 heavy (non-hydrogen) atoms. The Morgan fingerprint density at radius 3 is 2.07 bits per heavy atom. The summed E-state index contributed by atoms with van der Waals surface area (Å²) in [6.45, 7) is 3.14. The Hall–Kier alpha value is -3.52. The second-order valence-corrected chi connectivity index (χ2v) is 8.36. The van der Waals surface area contributed by atoms with Crippen molar-refractivity contribution in [1.29, 1.82) is 0 Å². The van der Waals surface area contributed by atoms with E-state index in [0.29, 0.717) is 16.8 Å². The summed E-state index contributed by atoms with van der Waals surface area (Å²) in [6.07, 6.45) is 0. The number of halogens is 1. The number of carbonyl (C=O) groups excluding carboxylic acids is 2. The summed E-state index contributed by atoms with van der Waals surface area (Å²) >= 11 is 0. The molecule has 0 heterocycles. The Balaban J connectivity index is 1.84. The number of nitrogens with one attached hydrogen (secondary N) is 2.